The number of aryl methyl sites for hydroxylation is 1. The first-order valence-electron chi connectivity index (χ1n) is 15.7. The number of allylic oxidation sites excluding steroid dienone is 1. The molecule has 2 aromatic carbocycles. The molecule has 2 aliphatic heterocycles. The summed E-state index contributed by atoms with van der Waals surface area (Å²) < 4.78 is 47.6. The summed E-state index contributed by atoms with van der Waals surface area (Å²) in [5.74, 6) is 0.0217. The van der Waals surface area contributed by atoms with Crippen molar-refractivity contribution in [2.45, 2.75) is 61.9 Å². The van der Waals surface area contributed by atoms with Crippen LogP contribution in [0.15, 0.2) is 53.4 Å². The normalized spacial score (nSPS) is 31.6. The van der Waals surface area contributed by atoms with Gasteiger partial charge in [-0.05, 0) is 97.7 Å². The number of anilines is 1. The Morgan fingerprint density at radius 3 is 2.75 bits per heavy atom. The molecule has 44 heavy (non-hydrogen) atoms. The third-order valence-electron chi connectivity index (χ3n) is 10.4. The van der Waals surface area contributed by atoms with Crippen molar-refractivity contribution in [1.82, 2.24) is 4.72 Å². The zero-order chi connectivity index (χ0) is 31.1. The van der Waals surface area contributed by atoms with Crippen LogP contribution in [0, 0.1) is 23.7 Å². The average molecular weight is 643 g/mol. The van der Waals surface area contributed by atoms with Gasteiger partial charge in [0.15, 0.2) is 0 Å². The Balaban J connectivity index is 1.44. The van der Waals surface area contributed by atoms with Crippen LogP contribution in [0.2, 0.25) is 5.02 Å². The Morgan fingerprint density at radius 2 is 2.00 bits per heavy atom. The van der Waals surface area contributed by atoms with Gasteiger partial charge in [-0.25, -0.2) is 13.1 Å². The predicted octanol–water partition coefficient (Wildman–Crippen LogP) is 5.52. The molecule has 0 aromatic heterocycles. The zero-order valence-electron chi connectivity index (χ0n) is 25.8. The summed E-state index contributed by atoms with van der Waals surface area (Å²) >= 11 is 6.41. The number of rotatable bonds is 3. The highest BCUT2D eigenvalue weighted by atomic mass is 35.5. The van der Waals surface area contributed by atoms with Gasteiger partial charge in [-0.3, -0.25) is 4.79 Å². The number of hydrogen-bond donors (Lipinski definition) is 1. The topological polar surface area (TPSA) is 94.2 Å². The van der Waals surface area contributed by atoms with Gasteiger partial charge in [0.1, 0.15) is 5.75 Å². The first-order valence-corrected chi connectivity index (χ1v) is 17.6. The van der Waals surface area contributed by atoms with Crippen molar-refractivity contribution in [3.63, 3.8) is 0 Å². The third-order valence-corrected chi connectivity index (χ3v) is 12.0. The van der Waals surface area contributed by atoms with Crippen molar-refractivity contribution in [3.05, 3.63) is 64.7 Å². The molecule has 6 rings (SSSR count). The fourth-order valence-electron chi connectivity index (χ4n) is 7.73. The lowest BCUT2D eigenvalue weighted by atomic mass is 9.68. The lowest BCUT2D eigenvalue weighted by Crippen LogP contribution is -2.49. The summed E-state index contributed by atoms with van der Waals surface area (Å²) in [6.07, 6.45) is 9.86. The van der Waals surface area contributed by atoms with Crippen LogP contribution in [0.4, 0.5) is 5.69 Å². The first-order chi connectivity index (χ1) is 21.1. The molecule has 238 valence electrons. The Hall–Kier alpha value is -2.59. The van der Waals surface area contributed by atoms with Crippen LogP contribution in [-0.2, 0) is 36.1 Å². The molecule has 1 saturated carbocycles. The Labute approximate surface area is 266 Å². The molecule has 6 atom stereocenters. The molecule has 0 radical (unpaired) electrons. The van der Waals surface area contributed by atoms with E-state index in [1.807, 2.05) is 13.0 Å². The molecule has 0 saturated heterocycles. The average Bonchev–Trinajstić information content (AvgIpc) is 3.13. The van der Waals surface area contributed by atoms with Crippen molar-refractivity contribution < 1.29 is 27.4 Å². The summed E-state index contributed by atoms with van der Waals surface area (Å²) in [7, 11) is -0.862. The first kappa shape index (κ1) is 31.4. The van der Waals surface area contributed by atoms with E-state index in [9.17, 15) is 13.2 Å². The summed E-state index contributed by atoms with van der Waals surface area (Å²) in [6, 6.07) is 11.1. The molecule has 1 amide bonds. The molecule has 10 heteroatoms. The molecule has 1 spiro atoms. The molecular formula is C34H43ClN2O6S. The number of carbonyl (C=O) groups is 1. The van der Waals surface area contributed by atoms with Crippen LogP contribution < -0.4 is 14.4 Å². The van der Waals surface area contributed by atoms with E-state index < -0.39 is 21.8 Å². The van der Waals surface area contributed by atoms with Gasteiger partial charge in [0.05, 0.1) is 35.8 Å². The van der Waals surface area contributed by atoms with E-state index >= 15 is 0 Å². The number of nitrogens with one attached hydrogen (secondary N) is 1. The zero-order valence-corrected chi connectivity index (χ0v) is 27.3. The van der Waals surface area contributed by atoms with E-state index in [0.717, 1.165) is 49.4 Å². The Bertz CT molecular complexity index is 1530. The van der Waals surface area contributed by atoms with Crippen LogP contribution in [0.5, 0.6) is 5.75 Å². The number of hydrogen-bond acceptors (Lipinski definition) is 7. The molecule has 1 fully saturated rings. The SMILES string of the molecule is COC[C@H]1C(=O)NS(=O)(=O)c2ccc3c(c2)N(C[C@@H]2CC[C@H]2[C@H](OC)C=CC[C@@H]1C)C[C@@]1(CCCc2cc(Cl)ccc21)CO3. The van der Waals surface area contributed by atoms with E-state index in [4.69, 9.17) is 25.8 Å². The number of sulfonamides is 1. The number of halogens is 1. The highest BCUT2D eigenvalue weighted by molar-refractivity contribution is 7.90. The number of ether oxygens (including phenoxy) is 3. The predicted molar refractivity (Wildman–Crippen MR) is 171 cm³/mol. The maximum Gasteiger partial charge on any atom is 0.264 e. The van der Waals surface area contributed by atoms with Crippen LogP contribution in [-0.4, -0.2) is 61.0 Å². The molecule has 1 N–H and O–H groups in total. The molecule has 2 aliphatic carbocycles. The van der Waals surface area contributed by atoms with Gasteiger partial charge in [-0.1, -0.05) is 36.7 Å². The summed E-state index contributed by atoms with van der Waals surface area (Å²) in [4.78, 5) is 15.8. The molecule has 2 bridgehead atoms. The van der Waals surface area contributed by atoms with Gasteiger partial charge < -0.3 is 19.1 Å². The highest BCUT2D eigenvalue weighted by Gasteiger charge is 2.44. The van der Waals surface area contributed by atoms with E-state index in [0.29, 0.717) is 37.2 Å². The summed E-state index contributed by atoms with van der Waals surface area (Å²) in [5.41, 5.74) is 2.98. The Morgan fingerprint density at radius 1 is 1.16 bits per heavy atom. The fourth-order valence-corrected chi connectivity index (χ4v) is 8.97. The molecular weight excluding hydrogens is 600 g/mol. The van der Waals surface area contributed by atoms with Crippen molar-refractivity contribution in [3.8, 4) is 5.75 Å². The van der Waals surface area contributed by atoms with Crippen LogP contribution in [0.3, 0.4) is 0 Å². The van der Waals surface area contributed by atoms with Crippen molar-refractivity contribution in [2.75, 3.05) is 45.4 Å². The maximum absolute atomic E-state index is 13.7. The van der Waals surface area contributed by atoms with Gasteiger partial charge >= 0.3 is 0 Å². The van der Waals surface area contributed by atoms with Crippen LogP contribution in [0.1, 0.15) is 50.2 Å². The van der Waals surface area contributed by atoms with E-state index in [-0.39, 0.29) is 28.9 Å². The van der Waals surface area contributed by atoms with Crippen molar-refractivity contribution in [2.24, 2.45) is 23.7 Å². The minimum atomic E-state index is -4.15. The molecule has 0 unspecified atom stereocenters. The quantitative estimate of drug-likeness (QED) is 0.441. The lowest BCUT2D eigenvalue weighted by molar-refractivity contribution is -0.126. The number of nitrogens with zero attached hydrogens (tertiary/aromatic N) is 1. The van der Waals surface area contributed by atoms with Gasteiger partial charge in [-0.2, -0.15) is 0 Å². The summed E-state index contributed by atoms with van der Waals surface area (Å²) in [6.45, 7) is 4.00. The molecule has 2 aromatic rings. The number of benzene rings is 2. The lowest BCUT2D eigenvalue weighted by Gasteiger charge is -2.46. The monoisotopic (exact) mass is 642 g/mol. The fraction of sp³-hybridized carbons (Fsp3) is 0.559. The number of carbonyl (C=O) groups excluding carboxylic acids is 1. The second-order valence-corrected chi connectivity index (χ2v) is 15.2. The smallest absolute Gasteiger partial charge is 0.264 e. The van der Waals surface area contributed by atoms with Crippen molar-refractivity contribution in [1.29, 1.82) is 0 Å². The minimum Gasteiger partial charge on any atom is -0.490 e. The second-order valence-electron chi connectivity index (χ2n) is 13.1. The number of fused-ring (bicyclic) bond motifs is 4. The summed E-state index contributed by atoms with van der Waals surface area (Å²) in [5, 5.41) is 0.735. The standard InChI is InChI=1S/C34H43ClN2O6S/c1-22-6-4-8-31(42-3)27-12-9-24(27)18-37-20-34(15-5-7-23-16-25(35)10-13-29(23)34)21-43-32-14-11-26(17-30(32)37)44(39,40)36-33(38)28(22)19-41-2/h4,8,10-11,13-14,16-17,22,24,27-28,31H,5-7,9,12,15,18-21H2,1-3H3,(H,36,38)/t22-,24-,27+,28+,31+,34-/m0/s1. The van der Waals surface area contributed by atoms with Gasteiger partial charge in [0.25, 0.3) is 10.0 Å². The van der Waals surface area contributed by atoms with E-state index in [1.54, 1.807) is 19.2 Å². The number of methoxy groups -OCH3 is 2. The molecule has 2 heterocycles. The minimum absolute atomic E-state index is 0.0375. The van der Waals surface area contributed by atoms with Gasteiger partial charge in [0.2, 0.25) is 5.91 Å². The second kappa shape index (κ2) is 12.7. The maximum atomic E-state index is 13.7. The highest BCUT2D eigenvalue weighted by Crippen LogP contribution is 2.47. The van der Waals surface area contributed by atoms with Crippen LogP contribution >= 0.6 is 11.6 Å². The van der Waals surface area contributed by atoms with Crippen molar-refractivity contribution >= 4 is 33.2 Å². The van der Waals surface area contributed by atoms with E-state index in [1.165, 1.54) is 24.3 Å². The molecule has 8 nitrogen and oxygen atoms in total. The third kappa shape index (κ3) is 6.00. The van der Waals surface area contributed by atoms with Gasteiger partial charge in [0, 0.05) is 37.7 Å². The van der Waals surface area contributed by atoms with Gasteiger partial charge in [-0.15, -0.1) is 0 Å². The number of amides is 1. The van der Waals surface area contributed by atoms with E-state index in [2.05, 4.69) is 33.9 Å². The van der Waals surface area contributed by atoms with Crippen LogP contribution in [0.25, 0.3) is 0 Å². The Kier molecular flexibility index (Phi) is 9.03. The largest absolute Gasteiger partial charge is 0.490 e. The molecule has 4 aliphatic rings.